The van der Waals surface area contributed by atoms with Gasteiger partial charge in [-0.3, -0.25) is 4.90 Å². The number of aromatic nitrogens is 2. The van der Waals surface area contributed by atoms with Crippen LogP contribution in [0.25, 0.3) is 0 Å². The van der Waals surface area contributed by atoms with Gasteiger partial charge in [0.15, 0.2) is 0 Å². The Morgan fingerprint density at radius 2 is 2.09 bits per heavy atom. The topological polar surface area (TPSA) is 71.6 Å². The first kappa shape index (κ1) is 14.6. The molecule has 0 bridgehead atoms. The van der Waals surface area contributed by atoms with Gasteiger partial charge in [0.05, 0.1) is 18.8 Å². The third-order valence-corrected chi connectivity index (χ3v) is 5.66. The van der Waals surface area contributed by atoms with Crippen molar-refractivity contribution in [3.05, 3.63) is 11.8 Å². The summed E-state index contributed by atoms with van der Waals surface area (Å²) in [5, 5.41) is 18.5. The first-order valence-corrected chi connectivity index (χ1v) is 8.55. The molecule has 2 atom stereocenters. The Kier molecular flexibility index (Phi) is 3.71. The number of likely N-dealkylation sites (tertiary alicyclic amines) is 1. The van der Waals surface area contributed by atoms with E-state index < -0.39 is 0 Å². The van der Waals surface area contributed by atoms with Crippen LogP contribution in [0.2, 0.25) is 0 Å². The summed E-state index contributed by atoms with van der Waals surface area (Å²) in [6.07, 6.45) is 5.18. The first-order chi connectivity index (χ1) is 10.7. The molecule has 0 amide bonds. The van der Waals surface area contributed by atoms with E-state index in [0.29, 0.717) is 5.92 Å². The molecular weight excluding hydrogens is 282 g/mol. The summed E-state index contributed by atoms with van der Waals surface area (Å²) in [6, 6.07) is 0. The number of aliphatic hydroxyl groups excluding tert-OH is 1. The molecule has 1 spiro atoms. The Balaban J connectivity index is 1.33. The Morgan fingerprint density at radius 3 is 2.73 bits per heavy atom. The van der Waals surface area contributed by atoms with Gasteiger partial charge in [0.25, 0.3) is 0 Å². The summed E-state index contributed by atoms with van der Waals surface area (Å²) in [5.74, 6) is 2.06. The summed E-state index contributed by atoms with van der Waals surface area (Å²) >= 11 is 0. The molecule has 1 N–H and O–H groups in total. The van der Waals surface area contributed by atoms with Gasteiger partial charge in [-0.2, -0.15) is 0 Å². The molecule has 2 unspecified atom stereocenters. The van der Waals surface area contributed by atoms with Crippen molar-refractivity contribution in [2.75, 3.05) is 19.7 Å². The molecule has 0 aromatic carbocycles. The number of nitrogens with zero attached hydrogens (tertiary/aromatic N) is 3. The average molecular weight is 307 g/mol. The van der Waals surface area contributed by atoms with Crippen LogP contribution in [0.15, 0.2) is 4.42 Å². The molecule has 22 heavy (non-hydrogen) atoms. The lowest BCUT2D eigenvalue weighted by Crippen LogP contribution is -2.62. The number of hydrogen-bond donors (Lipinski definition) is 1. The fraction of sp³-hybridized carbons (Fsp3) is 0.875. The molecule has 6 nitrogen and oxygen atoms in total. The van der Waals surface area contributed by atoms with E-state index >= 15 is 0 Å². The van der Waals surface area contributed by atoms with E-state index in [0.717, 1.165) is 57.3 Å². The lowest BCUT2D eigenvalue weighted by Gasteiger charge is -2.56. The molecule has 0 radical (unpaired) electrons. The van der Waals surface area contributed by atoms with Crippen LogP contribution in [0.3, 0.4) is 0 Å². The molecule has 4 rings (SSSR count). The van der Waals surface area contributed by atoms with Gasteiger partial charge < -0.3 is 14.3 Å². The zero-order valence-electron chi connectivity index (χ0n) is 13.2. The standard InChI is InChI=1S/C16H25N3O3/c1-2-21-13-9-12(20)16(13)5-7-19(8-6-16)10-14-17-18-15(22-14)11-3-4-11/h11-13,20H,2-10H2,1H3. The van der Waals surface area contributed by atoms with Crippen molar-refractivity contribution in [1.82, 2.24) is 15.1 Å². The van der Waals surface area contributed by atoms with Crippen LogP contribution in [-0.2, 0) is 11.3 Å². The third-order valence-electron chi connectivity index (χ3n) is 5.66. The molecule has 2 heterocycles. The van der Waals surface area contributed by atoms with Crippen molar-refractivity contribution in [2.45, 2.75) is 63.7 Å². The summed E-state index contributed by atoms with van der Waals surface area (Å²) in [7, 11) is 0. The number of ether oxygens (including phenoxy) is 1. The second-order valence-electron chi connectivity index (χ2n) is 7.01. The zero-order chi connectivity index (χ0) is 15.2. The van der Waals surface area contributed by atoms with Gasteiger partial charge in [-0.15, -0.1) is 10.2 Å². The summed E-state index contributed by atoms with van der Waals surface area (Å²) in [5.41, 5.74) is -0.0134. The van der Waals surface area contributed by atoms with E-state index in [-0.39, 0.29) is 17.6 Å². The maximum absolute atomic E-state index is 10.2. The second-order valence-corrected chi connectivity index (χ2v) is 7.01. The summed E-state index contributed by atoms with van der Waals surface area (Å²) < 4.78 is 11.6. The molecule has 3 fully saturated rings. The van der Waals surface area contributed by atoms with E-state index in [2.05, 4.69) is 15.1 Å². The van der Waals surface area contributed by atoms with E-state index in [1.54, 1.807) is 0 Å². The highest BCUT2D eigenvalue weighted by atomic mass is 16.5. The van der Waals surface area contributed by atoms with E-state index in [1.165, 1.54) is 12.8 Å². The van der Waals surface area contributed by atoms with Crippen molar-refractivity contribution < 1.29 is 14.3 Å². The fourth-order valence-corrected chi connectivity index (χ4v) is 3.96. The molecular formula is C16H25N3O3. The van der Waals surface area contributed by atoms with Gasteiger partial charge in [-0.25, -0.2) is 0 Å². The first-order valence-electron chi connectivity index (χ1n) is 8.55. The smallest absolute Gasteiger partial charge is 0.230 e. The number of piperidine rings is 1. The average Bonchev–Trinajstić information content (AvgIpc) is 3.28. The van der Waals surface area contributed by atoms with Crippen molar-refractivity contribution in [3.8, 4) is 0 Å². The largest absolute Gasteiger partial charge is 0.424 e. The predicted octanol–water partition coefficient (Wildman–Crippen LogP) is 1.70. The molecule has 122 valence electrons. The Bertz CT molecular complexity index is 518. The van der Waals surface area contributed by atoms with Crippen LogP contribution >= 0.6 is 0 Å². The van der Waals surface area contributed by atoms with Gasteiger partial charge in [0, 0.05) is 24.4 Å². The van der Waals surface area contributed by atoms with Gasteiger partial charge in [0.1, 0.15) is 0 Å². The van der Waals surface area contributed by atoms with E-state index in [4.69, 9.17) is 9.15 Å². The van der Waals surface area contributed by atoms with Crippen LogP contribution in [0, 0.1) is 5.41 Å². The van der Waals surface area contributed by atoms with Gasteiger partial charge in [-0.05, 0) is 45.7 Å². The lowest BCUT2D eigenvalue weighted by atomic mass is 9.58. The van der Waals surface area contributed by atoms with Crippen LogP contribution in [0.1, 0.15) is 56.7 Å². The van der Waals surface area contributed by atoms with E-state index in [1.807, 2.05) is 6.92 Å². The van der Waals surface area contributed by atoms with Gasteiger partial charge in [0.2, 0.25) is 11.8 Å². The van der Waals surface area contributed by atoms with Crippen LogP contribution < -0.4 is 0 Å². The van der Waals surface area contributed by atoms with Crippen LogP contribution in [0.5, 0.6) is 0 Å². The van der Waals surface area contributed by atoms with Crippen molar-refractivity contribution in [1.29, 1.82) is 0 Å². The lowest BCUT2D eigenvalue weighted by molar-refractivity contribution is -0.210. The van der Waals surface area contributed by atoms with Gasteiger partial charge >= 0.3 is 0 Å². The molecule has 2 saturated carbocycles. The molecule has 1 saturated heterocycles. The molecule has 3 aliphatic rings. The molecule has 1 aliphatic heterocycles. The monoisotopic (exact) mass is 307 g/mol. The molecule has 6 heteroatoms. The van der Waals surface area contributed by atoms with Crippen molar-refractivity contribution >= 4 is 0 Å². The highest BCUT2D eigenvalue weighted by Gasteiger charge is 2.55. The normalized spacial score (nSPS) is 31.4. The molecule has 2 aliphatic carbocycles. The van der Waals surface area contributed by atoms with Crippen molar-refractivity contribution in [2.24, 2.45) is 5.41 Å². The minimum absolute atomic E-state index is 0.0134. The second kappa shape index (κ2) is 5.58. The van der Waals surface area contributed by atoms with Crippen LogP contribution in [0.4, 0.5) is 0 Å². The van der Waals surface area contributed by atoms with E-state index in [9.17, 15) is 5.11 Å². The highest BCUT2D eigenvalue weighted by molar-refractivity contribution is 5.07. The van der Waals surface area contributed by atoms with Gasteiger partial charge in [-0.1, -0.05) is 0 Å². The fourth-order valence-electron chi connectivity index (χ4n) is 3.96. The minimum Gasteiger partial charge on any atom is -0.424 e. The highest BCUT2D eigenvalue weighted by Crippen LogP contribution is 2.51. The maximum atomic E-state index is 10.2. The number of aliphatic hydroxyl groups is 1. The minimum atomic E-state index is -0.198. The number of hydrogen-bond acceptors (Lipinski definition) is 6. The maximum Gasteiger partial charge on any atom is 0.230 e. The number of rotatable bonds is 5. The Morgan fingerprint density at radius 1 is 1.32 bits per heavy atom. The Hall–Kier alpha value is -0.980. The predicted molar refractivity (Wildman–Crippen MR) is 79.3 cm³/mol. The van der Waals surface area contributed by atoms with Crippen molar-refractivity contribution in [3.63, 3.8) is 0 Å². The summed E-state index contributed by atoms with van der Waals surface area (Å²) in [4.78, 5) is 2.35. The Labute approximate surface area is 130 Å². The third kappa shape index (κ3) is 2.47. The quantitative estimate of drug-likeness (QED) is 0.892. The molecule has 1 aromatic rings. The summed E-state index contributed by atoms with van der Waals surface area (Å²) in [6.45, 7) is 5.41. The molecule has 1 aromatic heterocycles. The van der Waals surface area contributed by atoms with Crippen LogP contribution in [-0.4, -0.2) is 52.1 Å². The zero-order valence-corrected chi connectivity index (χ0v) is 13.2. The SMILES string of the molecule is CCOC1CC(O)C12CCN(Cc1nnc(C3CC3)o1)CC2.